The zero-order valence-corrected chi connectivity index (χ0v) is 22.2. The second-order valence-corrected chi connectivity index (χ2v) is 9.75. The molecule has 0 atom stereocenters. The largest absolute Gasteiger partial charge is 0.494 e. The Morgan fingerprint density at radius 2 is 1.81 bits per heavy atom. The number of ether oxygens (including phenoxy) is 1. The Morgan fingerprint density at radius 3 is 2.49 bits per heavy atom. The number of nitrogens with one attached hydrogen (secondary N) is 1. The van der Waals surface area contributed by atoms with Crippen molar-refractivity contribution < 1.29 is 9.66 Å². The van der Waals surface area contributed by atoms with Crippen LogP contribution in [0, 0.1) is 10.1 Å². The van der Waals surface area contributed by atoms with Crippen molar-refractivity contribution in [3.8, 4) is 27.0 Å². The van der Waals surface area contributed by atoms with Crippen molar-refractivity contribution in [3.05, 3.63) is 63.8 Å². The third-order valence-corrected chi connectivity index (χ3v) is 6.67. The molecule has 0 aliphatic carbocycles. The fourth-order valence-electron chi connectivity index (χ4n) is 3.44. The third-order valence-electron chi connectivity index (χ3n) is 5.42. The first-order valence-corrected chi connectivity index (χ1v) is 12.4. The van der Waals surface area contributed by atoms with Crippen LogP contribution in [0.15, 0.2) is 48.7 Å². The van der Waals surface area contributed by atoms with E-state index in [0.29, 0.717) is 39.4 Å². The molecule has 0 fully saturated rings. The Morgan fingerprint density at radius 1 is 1.08 bits per heavy atom. The summed E-state index contributed by atoms with van der Waals surface area (Å²) in [6.07, 6.45) is 1.58. The maximum atomic E-state index is 11.9. The predicted octanol–water partition coefficient (Wildman–Crippen LogP) is 4.97. The Bertz CT molecular complexity index is 1400. The van der Waals surface area contributed by atoms with Gasteiger partial charge in [-0.3, -0.25) is 10.1 Å². The number of hydrogen-bond acceptors (Lipinski definition) is 11. The molecule has 0 amide bonds. The van der Waals surface area contributed by atoms with Crippen LogP contribution in [0.5, 0.6) is 5.75 Å². The van der Waals surface area contributed by atoms with Gasteiger partial charge in [0.2, 0.25) is 5.95 Å². The first-order valence-electron chi connectivity index (χ1n) is 11.2. The smallest absolute Gasteiger partial charge is 0.294 e. The first kappa shape index (κ1) is 26.2. The standard InChI is InChI=1S/C24H25ClN8O3S/c1-31(2)11-12-32(3)19-14-21(36-4)18(13-20(19)33(34)35)28-24-26-10-9-17(27-24)23-30-29-22(37-23)15-5-7-16(25)8-6-15/h5-10,13-14H,11-12H2,1-4H3,(H,26,27,28). The molecule has 4 rings (SSSR count). The van der Waals surface area contributed by atoms with Crippen LogP contribution < -0.4 is 15.0 Å². The first-order chi connectivity index (χ1) is 17.7. The summed E-state index contributed by atoms with van der Waals surface area (Å²) in [5, 5.41) is 25.4. The van der Waals surface area contributed by atoms with Crippen molar-refractivity contribution in [1.82, 2.24) is 25.1 Å². The number of aromatic nitrogens is 4. The van der Waals surface area contributed by atoms with Gasteiger partial charge in [-0.15, -0.1) is 10.2 Å². The highest BCUT2D eigenvalue weighted by atomic mass is 35.5. The number of halogens is 1. The number of methoxy groups -OCH3 is 1. The average Bonchev–Trinajstić information content (AvgIpc) is 3.38. The maximum absolute atomic E-state index is 11.9. The summed E-state index contributed by atoms with van der Waals surface area (Å²) in [6, 6.07) is 12.1. The van der Waals surface area contributed by atoms with E-state index in [0.717, 1.165) is 17.1 Å². The molecular formula is C24H25ClN8O3S. The Hall–Kier alpha value is -3.87. The van der Waals surface area contributed by atoms with E-state index in [1.165, 1.54) is 24.5 Å². The molecule has 0 saturated carbocycles. The summed E-state index contributed by atoms with van der Waals surface area (Å²) in [5.74, 6) is 0.661. The van der Waals surface area contributed by atoms with Gasteiger partial charge in [-0.1, -0.05) is 35.1 Å². The van der Waals surface area contributed by atoms with E-state index in [-0.39, 0.29) is 11.6 Å². The fraction of sp³-hybridized carbons (Fsp3) is 0.250. The number of hydrogen-bond donors (Lipinski definition) is 1. The minimum Gasteiger partial charge on any atom is -0.494 e. The molecule has 2 aromatic heterocycles. The molecule has 0 bridgehead atoms. The Kier molecular flexibility index (Phi) is 8.11. The molecule has 0 radical (unpaired) electrons. The van der Waals surface area contributed by atoms with Crippen LogP contribution in [0.4, 0.5) is 23.0 Å². The summed E-state index contributed by atoms with van der Waals surface area (Å²) < 4.78 is 5.54. The highest BCUT2D eigenvalue weighted by Gasteiger charge is 2.22. The molecule has 0 saturated heterocycles. The lowest BCUT2D eigenvalue weighted by atomic mass is 10.2. The zero-order valence-electron chi connectivity index (χ0n) is 20.7. The number of anilines is 3. The van der Waals surface area contributed by atoms with Gasteiger partial charge in [-0.25, -0.2) is 9.97 Å². The molecule has 13 heteroatoms. The number of likely N-dealkylation sites (N-methyl/N-ethyl adjacent to an activating group) is 2. The predicted molar refractivity (Wildman–Crippen MR) is 146 cm³/mol. The molecule has 192 valence electrons. The monoisotopic (exact) mass is 540 g/mol. The quantitative estimate of drug-likeness (QED) is 0.218. The lowest BCUT2D eigenvalue weighted by Crippen LogP contribution is -2.28. The molecule has 2 heterocycles. The molecule has 0 aliphatic rings. The van der Waals surface area contributed by atoms with Gasteiger partial charge < -0.3 is 19.9 Å². The number of nitro groups is 1. The molecule has 0 aliphatic heterocycles. The second-order valence-electron chi connectivity index (χ2n) is 8.33. The maximum Gasteiger partial charge on any atom is 0.294 e. The molecule has 0 unspecified atom stereocenters. The van der Waals surface area contributed by atoms with Crippen LogP contribution in [0.3, 0.4) is 0 Å². The van der Waals surface area contributed by atoms with Gasteiger partial charge in [0.25, 0.3) is 5.69 Å². The molecule has 4 aromatic rings. The highest BCUT2D eigenvalue weighted by Crippen LogP contribution is 2.39. The Balaban J connectivity index is 1.61. The summed E-state index contributed by atoms with van der Waals surface area (Å²) in [5.41, 5.74) is 2.22. The van der Waals surface area contributed by atoms with Gasteiger partial charge in [0.15, 0.2) is 5.01 Å². The van der Waals surface area contributed by atoms with Crippen molar-refractivity contribution in [2.24, 2.45) is 0 Å². The van der Waals surface area contributed by atoms with Crippen LogP contribution in [0.1, 0.15) is 0 Å². The highest BCUT2D eigenvalue weighted by molar-refractivity contribution is 7.17. The minimum absolute atomic E-state index is 0.0579. The van der Waals surface area contributed by atoms with Crippen LogP contribution in [0.25, 0.3) is 21.3 Å². The van der Waals surface area contributed by atoms with E-state index in [1.807, 2.05) is 43.1 Å². The number of nitro benzene ring substituents is 1. The average molecular weight is 541 g/mol. The molecule has 37 heavy (non-hydrogen) atoms. The van der Waals surface area contributed by atoms with E-state index in [9.17, 15) is 10.1 Å². The van der Waals surface area contributed by atoms with E-state index in [2.05, 4.69) is 25.5 Å². The lowest BCUT2D eigenvalue weighted by Gasteiger charge is -2.22. The van der Waals surface area contributed by atoms with Crippen molar-refractivity contribution in [2.45, 2.75) is 0 Å². The summed E-state index contributed by atoms with van der Waals surface area (Å²) in [7, 11) is 7.21. The van der Waals surface area contributed by atoms with E-state index < -0.39 is 4.92 Å². The Labute approximate surface area is 222 Å². The van der Waals surface area contributed by atoms with Crippen LogP contribution in [-0.2, 0) is 0 Å². The van der Waals surface area contributed by atoms with Gasteiger partial charge in [0.1, 0.15) is 22.1 Å². The van der Waals surface area contributed by atoms with E-state index in [4.69, 9.17) is 16.3 Å². The number of benzene rings is 2. The molecule has 1 N–H and O–H groups in total. The van der Waals surface area contributed by atoms with Crippen molar-refractivity contribution in [2.75, 3.05) is 51.6 Å². The normalized spacial score (nSPS) is 11.0. The summed E-state index contributed by atoms with van der Waals surface area (Å²) in [6.45, 7) is 1.34. The van der Waals surface area contributed by atoms with Crippen LogP contribution in [-0.4, -0.2) is 71.3 Å². The van der Waals surface area contributed by atoms with Crippen molar-refractivity contribution in [1.29, 1.82) is 0 Å². The van der Waals surface area contributed by atoms with Crippen LogP contribution in [0.2, 0.25) is 5.02 Å². The number of rotatable bonds is 10. The second kappa shape index (κ2) is 11.5. The molecule has 0 spiro atoms. The third kappa shape index (κ3) is 6.28. The van der Waals surface area contributed by atoms with Gasteiger partial charge >= 0.3 is 0 Å². The van der Waals surface area contributed by atoms with Gasteiger partial charge in [-0.2, -0.15) is 0 Å². The molecular weight excluding hydrogens is 516 g/mol. The van der Waals surface area contributed by atoms with Gasteiger partial charge in [0, 0.05) is 49.1 Å². The SMILES string of the molecule is COc1cc(N(C)CCN(C)C)c([N+](=O)[O-])cc1Nc1nccc(-c2nnc(-c3ccc(Cl)cc3)s2)n1. The molecule has 11 nitrogen and oxygen atoms in total. The van der Waals surface area contributed by atoms with Gasteiger partial charge in [0.05, 0.1) is 17.7 Å². The summed E-state index contributed by atoms with van der Waals surface area (Å²) >= 11 is 7.35. The van der Waals surface area contributed by atoms with E-state index >= 15 is 0 Å². The zero-order chi connectivity index (χ0) is 26.5. The summed E-state index contributed by atoms with van der Waals surface area (Å²) in [4.78, 5) is 24.1. The van der Waals surface area contributed by atoms with Gasteiger partial charge in [-0.05, 0) is 32.3 Å². The van der Waals surface area contributed by atoms with E-state index in [1.54, 1.807) is 30.5 Å². The topological polar surface area (TPSA) is 122 Å². The fourth-order valence-corrected chi connectivity index (χ4v) is 4.39. The van der Waals surface area contributed by atoms with Crippen molar-refractivity contribution in [3.63, 3.8) is 0 Å². The minimum atomic E-state index is -0.414. The molecule has 2 aromatic carbocycles. The lowest BCUT2D eigenvalue weighted by molar-refractivity contribution is -0.384. The number of nitrogens with zero attached hydrogens (tertiary/aromatic N) is 7. The van der Waals surface area contributed by atoms with Crippen molar-refractivity contribution >= 4 is 45.9 Å². The van der Waals surface area contributed by atoms with Crippen LogP contribution >= 0.6 is 22.9 Å².